The molecule has 0 spiro atoms. The van der Waals surface area contributed by atoms with Crippen LogP contribution in [-0.2, 0) is 18.9 Å². The Morgan fingerprint density at radius 3 is 1.85 bits per heavy atom. The fraction of sp³-hybridized carbons (Fsp3) is 0.531. The SMILES string of the molecule is OC[C@@H]1O[C@@H](Oc2cc3c(O[C@@H]4O[C@H](CO)[C@@H](O)[C@H](O)[C@H]4O)cc(O)cc3[o+]c2-c2cc(O)c(O)c(O)c2)[C@@H](O[C@H]2OC[C@@H](O)[C@@H](O)[C@H]2O)[C@H](O)[C@@H]1O. The molecule has 3 saturated heterocycles. The van der Waals surface area contributed by atoms with E-state index in [-0.39, 0.29) is 28.0 Å². The Labute approximate surface area is 297 Å². The number of aromatic hydroxyl groups is 4. The zero-order chi connectivity index (χ0) is 38.5. The van der Waals surface area contributed by atoms with Gasteiger partial charge in [0.1, 0.15) is 77.9 Å². The zero-order valence-electron chi connectivity index (χ0n) is 27.2. The Kier molecular flexibility index (Phi) is 11.3. The van der Waals surface area contributed by atoms with Gasteiger partial charge in [0.25, 0.3) is 0 Å². The quantitative estimate of drug-likeness (QED) is 0.0730. The molecule has 0 radical (unpaired) electrons. The average Bonchev–Trinajstić information content (AvgIpc) is 3.13. The van der Waals surface area contributed by atoms with Gasteiger partial charge in [0, 0.05) is 24.3 Å². The van der Waals surface area contributed by atoms with E-state index in [4.69, 9.17) is 32.8 Å². The second kappa shape index (κ2) is 15.4. The molecule has 0 bridgehead atoms. The van der Waals surface area contributed by atoms with Gasteiger partial charge in [-0.05, 0) is 0 Å². The average molecular weight is 760 g/mol. The standard InChI is InChI=1S/C32H38O21/c33-6-18-22(41)24(43)27(46)31(51-18)49-16-4-10(35)3-15-11(16)5-17(28(48-15)9-1-12(36)20(39)13(37)2-9)50-32-29(25(44)23(42)19(7-34)52-32)53-30-26(45)21(40)14(38)8-47-30/h1-5,14,18-19,21-27,29-34,38,40-46H,6-8H2,(H3-,35,36,37,39)/p+1/t14-,18-,19+,21-,22-,23-,24+,25-,26-,27-,29+,30-,31-,32-/m1/s1. The summed E-state index contributed by atoms with van der Waals surface area (Å²) < 4.78 is 40.1. The number of hydrogen-bond donors (Lipinski definition) is 14. The number of phenols is 4. The maximum Gasteiger partial charge on any atom is 0.402 e. The lowest BCUT2D eigenvalue weighted by Gasteiger charge is -2.44. The van der Waals surface area contributed by atoms with Gasteiger partial charge in [-0.1, -0.05) is 0 Å². The predicted molar refractivity (Wildman–Crippen MR) is 168 cm³/mol. The second-order valence-electron chi connectivity index (χ2n) is 12.6. The topological polar surface area (TPSA) is 350 Å². The molecule has 292 valence electrons. The highest BCUT2D eigenvalue weighted by molar-refractivity contribution is 5.89. The normalized spacial score (nSPS) is 36.3. The van der Waals surface area contributed by atoms with E-state index in [0.29, 0.717) is 0 Å². The van der Waals surface area contributed by atoms with Crippen molar-refractivity contribution in [3.8, 4) is 45.8 Å². The number of benzene rings is 2. The van der Waals surface area contributed by atoms with Gasteiger partial charge in [-0.15, -0.1) is 0 Å². The maximum absolute atomic E-state index is 11.1. The molecule has 14 atom stereocenters. The highest BCUT2D eigenvalue weighted by Gasteiger charge is 2.51. The summed E-state index contributed by atoms with van der Waals surface area (Å²) in [7, 11) is 0. The molecule has 0 aliphatic carbocycles. The van der Waals surface area contributed by atoms with Crippen LogP contribution in [0, 0.1) is 0 Å². The maximum atomic E-state index is 11.1. The van der Waals surface area contributed by atoms with E-state index in [1.165, 1.54) is 6.07 Å². The molecule has 6 rings (SSSR count). The van der Waals surface area contributed by atoms with E-state index in [9.17, 15) is 71.5 Å². The number of aliphatic hydroxyl groups excluding tert-OH is 10. The molecule has 53 heavy (non-hydrogen) atoms. The fourth-order valence-electron chi connectivity index (χ4n) is 6.06. The molecule has 0 unspecified atom stereocenters. The highest BCUT2D eigenvalue weighted by Crippen LogP contribution is 2.45. The van der Waals surface area contributed by atoms with E-state index in [1.807, 2.05) is 0 Å². The fourth-order valence-corrected chi connectivity index (χ4v) is 6.06. The first-order chi connectivity index (χ1) is 25.1. The van der Waals surface area contributed by atoms with Gasteiger partial charge in [-0.3, -0.25) is 0 Å². The summed E-state index contributed by atoms with van der Waals surface area (Å²) in [6.45, 7) is -2.15. The predicted octanol–water partition coefficient (Wildman–Crippen LogP) is -3.98. The van der Waals surface area contributed by atoms with Gasteiger partial charge < -0.3 is 99.9 Å². The molecule has 3 aliphatic rings. The summed E-state index contributed by atoms with van der Waals surface area (Å²) in [6, 6.07) is 5.20. The second-order valence-corrected chi connectivity index (χ2v) is 12.6. The van der Waals surface area contributed by atoms with Crippen LogP contribution in [0.3, 0.4) is 0 Å². The van der Waals surface area contributed by atoms with Crippen LogP contribution < -0.4 is 9.47 Å². The number of rotatable bonds is 9. The van der Waals surface area contributed by atoms with Crippen molar-refractivity contribution in [2.75, 3.05) is 19.8 Å². The largest absolute Gasteiger partial charge is 0.507 e. The molecule has 3 fully saturated rings. The van der Waals surface area contributed by atoms with Gasteiger partial charge in [0.2, 0.25) is 18.3 Å². The molecule has 0 amide bonds. The van der Waals surface area contributed by atoms with E-state index >= 15 is 0 Å². The third-order valence-electron chi connectivity index (χ3n) is 9.04. The van der Waals surface area contributed by atoms with Crippen molar-refractivity contribution in [3.05, 3.63) is 30.3 Å². The van der Waals surface area contributed by atoms with Gasteiger partial charge in [-0.25, -0.2) is 4.42 Å². The molecular formula is C32H39O21+. The van der Waals surface area contributed by atoms with E-state index < -0.39 is 135 Å². The smallest absolute Gasteiger partial charge is 0.402 e. The molecule has 0 saturated carbocycles. The van der Waals surface area contributed by atoms with Crippen molar-refractivity contribution in [2.24, 2.45) is 0 Å². The molecular weight excluding hydrogens is 720 g/mol. The van der Waals surface area contributed by atoms with Crippen LogP contribution in [0.4, 0.5) is 0 Å². The van der Waals surface area contributed by atoms with Gasteiger partial charge in [0.05, 0.1) is 31.5 Å². The number of fused-ring (bicyclic) bond motifs is 1. The van der Waals surface area contributed by atoms with Crippen molar-refractivity contribution in [1.82, 2.24) is 0 Å². The van der Waals surface area contributed by atoms with E-state index in [0.717, 1.165) is 24.3 Å². The molecule has 3 aromatic rings. The summed E-state index contributed by atoms with van der Waals surface area (Å²) in [6.07, 6.45) is -24.3. The van der Waals surface area contributed by atoms with Gasteiger partial charge >= 0.3 is 11.3 Å². The van der Waals surface area contributed by atoms with Crippen LogP contribution in [0.25, 0.3) is 22.3 Å². The Hall–Kier alpha value is -3.91. The minimum atomic E-state index is -1.93. The minimum Gasteiger partial charge on any atom is -0.507 e. The first-order valence-corrected chi connectivity index (χ1v) is 16.1. The third-order valence-corrected chi connectivity index (χ3v) is 9.04. The third kappa shape index (κ3) is 7.45. The molecule has 21 heteroatoms. The van der Waals surface area contributed by atoms with E-state index in [1.54, 1.807) is 0 Å². The number of hydrogen-bond acceptors (Lipinski definition) is 20. The van der Waals surface area contributed by atoms with Crippen LogP contribution in [0.5, 0.6) is 34.5 Å². The first kappa shape index (κ1) is 38.8. The lowest BCUT2D eigenvalue weighted by Crippen LogP contribution is -2.63. The number of ether oxygens (including phenoxy) is 6. The zero-order valence-corrected chi connectivity index (χ0v) is 27.2. The summed E-state index contributed by atoms with van der Waals surface area (Å²) >= 11 is 0. The summed E-state index contributed by atoms with van der Waals surface area (Å²) in [5, 5.41) is 144. The van der Waals surface area contributed by atoms with Crippen LogP contribution in [0.1, 0.15) is 0 Å². The van der Waals surface area contributed by atoms with Crippen LogP contribution >= 0.6 is 0 Å². The van der Waals surface area contributed by atoms with Crippen LogP contribution in [0.2, 0.25) is 0 Å². The van der Waals surface area contributed by atoms with Crippen molar-refractivity contribution < 1.29 is 104 Å². The summed E-state index contributed by atoms with van der Waals surface area (Å²) in [5.41, 5.74) is -0.378. The lowest BCUT2D eigenvalue weighted by atomic mass is 9.98. The molecule has 21 nitrogen and oxygen atoms in total. The molecule has 4 heterocycles. The van der Waals surface area contributed by atoms with Crippen LogP contribution in [-0.4, -0.2) is 177 Å². The van der Waals surface area contributed by atoms with Crippen molar-refractivity contribution in [2.45, 2.75) is 86.0 Å². The number of aliphatic hydroxyl groups is 10. The minimum absolute atomic E-state index is 0.0820. The number of phenolic OH excluding ortho intramolecular Hbond substituents is 4. The highest BCUT2D eigenvalue weighted by atomic mass is 16.8. The Morgan fingerprint density at radius 1 is 0.623 bits per heavy atom. The van der Waals surface area contributed by atoms with E-state index in [2.05, 4.69) is 0 Å². The van der Waals surface area contributed by atoms with Crippen molar-refractivity contribution in [1.29, 1.82) is 0 Å². The Balaban J connectivity index is 1.45. The Morgan fingerprint density at radius 2 is 1.21 bits per heavy atom. The van der Waals surface area contributed by atoms with Gasteiger partial charge in [-0.2, -0.15) is 0 Å². The first-order valence-electron chi connectivity index (χ1n) is 16.1. The summed E-state index contributed by atoms with van der Waals surface area (Å²) in [4.78, 5) is 0. The van der Waals surface area contributed by atoms with Gasteiger partial charge in [0.15, 0.2) is 29.6 Å². The Bertz CT molecular complexity index is 1730. The van der Waals surface area contributed by atoms with Crippen molar-refractivity contribution in [3.63, 3.8) is 0 Å². The molecule has 3 aliphatic heterocycles. The molecule has 14 N–H and O–H groups in total. The molecule has 1 aromatic heterocycles. The van der Waals surface area contributed by atoms with Crippen LogP contribution in [0.15, 0.2) is 34.7 Å². The lowest BCUT2D eigenvalue weighted by molar-refractivity contribution is -0.344. The monoisotopic (exact) mass is 759 g/mol. The van der Waals surface area contributed by atoms with Crippen molar-refractivity contribution >= 4 is 11.0 Å². The summed E-state index contributed by atoms with van der Waals surface area (Å²) in [5.74, 6) is -4.11. The molecule has 2 aromatic carbocycles.